The van der Waals surface area contributed by atoms with Gasteiger partial charge in [-0.05, 0) is 29.6 Å². The maximum absolute atomic E-state index is 12.0. The highest BCUT2D eigenvalue weighted by atomic mass is 35.5. The summed E-state index contributed by atoms with van der Waals surface area (Å²) in [5.74, 6) is -1.34. The molecule has 1 aromatic carbocycles. The normalized spacial score (nSPS) is 10.0. The maximum Gasteiger partial charge on any atom is 0.325 e. The molecule has 1 heterocycles. The summed E-state index contributed by atoms with van der Waals surface area (Å²) in [6.07, 6.45) is 0. The number of benzene rings is 1. The Kier molecular flexibility index (Phi) is 5.72. The number of nitrogens with one attached hydrogen (secondary N) is 2. The van der Waals surface area contributed by atoms with Gasteiger partial charge in [0, 0.05) is 5.56 Å². The van der Waals surface area contributed by atoms with Crippen molar-refractivity contribution in [2.24, 2.45) is 0 Å². The number of hydrogen-bond acceptors (Lipinski definition) is 5. The van der Waals surface area contributed by atoms with E-state index in [-0.39, 0.29) is 18.0 Å². The third kappa shape index (κ3) is 4.54. The van der Waals surface area contributed by atoms with Gasteiger partial charge in [0.15, 0.2) is 0 Å². The molecular weight excluding hydrogens is 340 g/mol. The molecule has 0 unspecified atom stereocenters. The van der Waals surface area contributed by atoms with Crippen LogP contribution < -0.4 is 10.6 Å². The first-order valence-electron chi connectivity index (χ1n) is 6.50. The van der Waals surface area contributed by atoms with E-state index < -0.39 is 11.9 Å². The largest absolute Gasteiger partial charge is 0.468 e. The zero-order chi connectivity index (χ0) is 16.8. The van der Waals surface area contributed by atoms with E-state index in [9.17, 15) is 14.4 Å². The molecule has 2 rings (SSSR count). The minimum absolute atomic E-state index is 0.241. The van der Waals surface area contributed by atoms with Gasteiger partial charge in [0.05, 0.1) is 22.7 Å². The number of hydrogen-bond donors (Lipinski definition) is 2. The minimum Gasteiger partial charge on any atom is -0.468 e. The number of carbonyl (C=O) groups is 3. The van der Waals surface area contributed by atoms with E-state index in [1.165, 1.54) is 36.6 Å². The van der Waals surface area contributed by atoms with E-state index in [1.807, 2.05) is 0 Å². The molecule has 6 nitrogen and oxygen atoms in total. The number of thiophene rings is 1. The second-order valence-electron chi connectivity index (χ2n) is 4.38. The maximum atomic E-state index is 12.0. The van der Waals surface area contributed by atoms with Gasteiger partial charge < -0.3 is 15.4 Å². The van der Waals surface area contributed by atoms with Crippen LogP contribution in [0.1, 0.15) is 20.0 Å². The standard InChI is InChI=1S/C15H13ClN2O4S/c1-22-13(19)8-17-14(20)9-4-5-10(16)11(7-9)18-15(21)12-3-2-6-23-12/h2-7H,8H2,1H3,(H,17,20)(H,18,21). The van der Waals surface area contributed by atoms with E-state index in [0.717, 1.165) is 0 Å². The first-order chi connectivity index (χ1) is 11.0. The number of anilines is 1. The summed E-state index contributed by atoms with van der Waals surface area (Å²) in [5, 5.41) is 7.15. The van der Waals surface area contributed by atoms with Crippen LogP contribution >= 0.6 is 22.9 Å². The Bertz CT molecular complexity index is 731. The molecule has 0 bridgehead atoms. The van der Waals surface area contributed by atoms with Crippen molar-refractivity contribution in [3.05, 3.63) is 51.2 Å². The Hall–Kier alpha value is -2.38. The molecule has 8 heteroatoms. The first-order valence-corrected chi connectivity index (χ1v) is 7.76. The van der Waals surface area contributed by atoms with E-state index in [2.05, 4.69) is 15.4 Å². The van der Waals surface area contributed by atoms with Crippen molar-refractivity contribution in [2.45, 2.75) is 0 Å². The van der Waals surface area contributed by atoms with Crippen LogP contribution in [0, 0.1) is 0 Å². The van der Waals surface area contributed by atoms with Crippen molar-refractivity contribution in [2.75, 3.05) is 19.0 Å². The van der Waals surface area contributed by atoms with Gasteiger partial charge in [0.25, 0.3) is 11.8 Å². The molecule has 0 radical (unpaired) electrons. The monoisotopic (exact) mass is 352 g/mol. The highest BCUT2D eigenvalue weighted by Crippen LogP contribution is 2.24. The quantitative estimate of drug-likeness (QED) is 0.810. The molecule has 0 aliphatic rings. The molecule has 0 spiro atoms. The lowest BCUT2D eigenvalue weighted by atomic mass is 10.2. The van der Waals surface area contributed by atoms with Crippen LogP contribution in [0.2, 0.25) is 5.02 Å². The molecule has 2 N–H and O–H groups in total. The Labute approximate surface area is 141 Å². The van der Waals surface area contributed by atoms with Crippen LogP contribution in [0.4, 0.5) is 5.69 Å². The number of carbonyl (C=O) groups excluding carboxylic acids is 3. The van der Waals surface area contributed by atoms with E-state index in [4.69, 9.17) is 11.6 Å². The fourth-order valence-electron chi connectivity index (χ4n) is 1.68. The van der Waals surface area contributed by atoms with E-state index >= 15 is 0 Å². The van der Waals surface area contributed by atoms with Crippen LogP contribution in [0.15, 0.2) is 35.7 Å². The second-order valence-corrected chi connectivity index (χ2v) is 5.74. The van der Waals surface area contributed by atoms with Crippen molar-refractivity contribution in [1.29, 1.82) is 0 Å². The molecule has 0 fully saturated rings. The average Bonchev–Trinajstić information content (AvgIpc) is 3.08. The molecule has 0 aliphatic heterocycles. The molecule has 0 atom stereocenters. The number of ether oxygens (including phenoxy) is 1. The zero-order valence-corrected chi connectivity index (χ0v) is 13.7. The molecule has 0 aliphatic carbocycles. The van der Waals surface area contributed by atoms with Crippen LogP contribution in [0.25, 0.3) is 0 Å². The van der Waals surface area contributed by atoms with Crippen molar-refractivity contribution in [1.82, 2.24) is 5.32 Å². The molecule has 2 amide bonds. The Morgan fingerprint density at radius 1 is 1.22 bits per heavy atom. The van der Waals surface area contributed by atoms with Crippen LogP contribution in [-0.4, -0.2) is 31.4 Å². The highest BCUT2D eigenvalue weighted by Gasteiger charge is 2.13. The smallest absolute Gasteiger partial charge is 0.325 e. The minimum atomic E-state index is -0.557. The van der Waals surface area contributed by atoms with Gasteiger partial charge in [-0.1, -0.05) is 17.7 Å². The van der Waals surface area contributed by atoms with Gasteiger partial charge in [0.2, 0.25) is 0 Å². The summed E-state index contributed by atoms with van der Waals surface area (Å²) in [6, 6.07) is 7.88. The molecule has 2 aromatic rings. The van der Waals surface area contributed by atoms with Crippen molar-refractivity contribution in [3.8, 4) is 0 Å². The predicted octanol–water partition coefficient (Wildman–Crippen LogP) is 2.56. The summed E-state index contributed by atoms with van der Waals surface area (Å²) >= 11 is 7.33. The summed E-state index contributed by atoms with van der Waals surface area (Å²) in [5.41, 5.74) is 0.579. The fourth-order valence-corrected chi connectivity index (χ4v) is 2.46. The molecule has 0 saturated carbocycles. The van der Waals surface area contributed by atoms with Crippen molar-refractivity contribution in [3.63, 3.8) is 0 Å². The number of halogens is 1. The van der Waals surface area contributed by atoms with E-state index in [1.54, 1.807) is 17.5 Å². The fraction of sp³-hybridized carbons (Fsp3) is 0.133. The Morgan fingerprint density at radius 2 is 2.00 bits per heavy atom. The van der Waals surface area contributed by atoms with Gasteiger partial charge in [-0.15, -0.1) is 11.3 Å². The topological polar surface area (TPSA) is 84.5 Å². The first kappa shape index (κ1) is 17.0. The van der Waals surface area contributed by atoms with E-state index in [0.29, 0.717) is 15.6 Å². The average molecular weight is 353 g/mol. The molecular formula is C15H13ClN2O4S. The number of esters is 1. The number of methoxy groups -OCH3 is 1. The van der Waals surface area contributed by atoms with Gasteiger partial charge >= 0.3 is 5.97 Å². The summed E-state index contributed by atoms with van der Waals surface area (Å²) in [6.45, 7) is -0.241. The van der Waals surface area contributed by atoms with Crippen molar-refractivity contribution >= 4 is 46.4 Å². The van der Waals surface area contributed by atoms with Gasteiger partial charge in [0.1, 0.15) is 6.54 Å². The van der Waals surface area contributed by atoms with Crippen LogP contribution in [0.5, 0.6) is 0 Å². The summed E-state index contributed by atoms with van der Waals surface area (Å²) in [4.78, 5) is 35.6. The third-order valence-corrected chi connectivity index (χ3v) is 4.04. The lowest BCUT2D eigenvalue weighted by Gasteiger charge is -2.09. The lowest BCUT2D eigenvalue weighted by Crippen LogP contribution is -2.30. The number of amides is 2. The molecule has 0 saturated heterocycles. The van der Waals surface area contributed by atoms with Gasteiger partial charge in [-0.25, -0.2) is 0 Å². The van der Waals surface area contributed by atoms with Gasteiger partial charge in [-0.3, -0.25) is 14.4 Å². The Morgan fingerprint density at radius 3 is 2.65 bits per heavy atom. The zero-order valence-electron chi connectivity index (χ0n) is 12.1. The van der Waals surface area contributed by atoms with Crippen LogP contribution in [0.3, 0.4) is 0 Å². The second kappa shape index (κ2) is 7.75. The highest BCUT2D eigenvalue weighted by molar-refractivity contribution is 7.12. The van der Waals surface area contributed by atoms with Gasteiger partial charge in [-0.2, -0.15) is 0 Å². The predicted molar refractivity (Wildman–Crippen MR) is 88.1 cm³/mol. The summed E-state index contributed by atoms with van der Waals surface area (Å²) < 4.78 is 4.44. The SMILES string of the molecule is COC(=O)CNC(=O)c1ccc(Cl)c(NC(=O)c2cccs2)c1. The van der Waals surface area contributed by atoms with Crippen molar-refractivity contribution < 1.29 is 19.1 Å². The molecule has 23 heavy (non-hydrogen) atoms. The third-order valence-electron chi connectivity index (χ3n) is 2.84. The molecule has 1 aromatic heterocycles. The number of rotatable bonds is 5. The van der Waals surface area contributed by atoms with Crippen LogP contribution in [-0.2, 0) is 9.53 Å². The summed E-state index contributed by atoms with van der Waals surface area (Å²) in [7, 11) is 1.23. The molecule has 120 valence electrons. The lowest BCUT2D eigenvalue weighted by molar-refractivity contribution is -0.139. The Balaban J connectivity index is 2.10.